The zero-order chi connectivity index (χ0) is 22.6. The van der Waals surface area contributed by atoms with E-state index < -0.39 is 0 Å². The van der Waals surface area contributed by atoms with Crippen molar-refractivity contribution in [3.05, 3.63) is 28.6 Å². The quantitative estimate of drug-likeness (QED) is 0.327. The Morgan fingerprint density at radius 3 is 2.45 bits per heavy atom. The van der Waals surface area contributed by atoms with E-state index in [1.54, 1.807) is 4.57 Å². The SMILES string of the molecule is CCCCCCOc1c(OCC(C)CCC)c(=O)n(C)c2cc(NCCCC)ccc12. The Morgan fingerprint density at radius 1 is 0.968 bits per heavy atom. The number of pyridine rings is 1. The number of rotatable bonds is 15. The van der Waals surface area contributed by atoms with E-state index >= 15 is 0 Å². The van der Waals surface area contributed by atoms with Gasteiger partial charge in [-0.2, -0.15) is 0 Å². The van der Waals surface area contributed by atoms with Crippen LogP contribution in [0.2, 0.25) is 0 Å². The second-order valence-corrected chi connectivity index (χ2v) is 8.65. The summed E-state index contributed by atoms with van der Waals surface area (Å²) in [6.45, 7) is 10.8. The van der Waals surface area contributed by atoms with Gasteiger partial charge in [-0.25, -0.2) is 0 Å². The van der Waals surface area contributed by atoms with Gasteiger partial charge in [-0.1, -0.05) is 59.8 Å². The fraction of sp³-hybridized carbons (Fsp3) is 0.654. The van der Waals surface area contributed by atoms with Crippen molar-refractivity contribution in [2.24, 2.45) is 13.0 Å². The van der Waals surface area contributed by atoms with Crippen LogP contribution in [0.5, 0.6) is 11.5 Å². The molecule has 1 unspecified atom stereocenters. The maximum absolute atomic E-state index is 13.2. The van der Waals surface area contributed by atoms with Crippen LogP contribution in [0.1, 0.15) is 79.1 Å². The van der Waals surface area contributed by atoms with E-state index in [1.165, 1.54) is 12.8 Å². The van der Waals surface area contributed by atoms with Crippen LogP contribution in [0.15, 0.2) is 23.0 Å². The molecule has 0 radical (unpaired) electrons. The number of unbranched alkanes of at least 4 members (excludes halogenated alkanes) is 4. The van der Waals surface area contributed by atoms with Crippen molar-refractivity contribution in [3.63, 3.8) is 0 Å². The summed E-state index contributed by atoms with van der Waals surface area (Å²) in [6.07, 6.45) is 8.94. The van der Waals surface area contributed by atoms with Gasteiger partial charge in [0, 0.05) is 24.7 Å². The molecule has 31 heavy (non-hydrogen) atoms. The Bertz CT molecular complexity index is 860. The number of nitrogens with zero attached hydrogens (tertiary/aromatic N) is 1. The predicted molar refractivity (Wildman–Crippen MR) is 132 cm³/mol. The van der Waals surface area contributed by atoms with E-state index in [2.05, 4.69) is 39.1 Å². The van der Waals surface area contributed by atoms with Crippen molar-refractivity contribution in [2.45, 2.75) is 79.1 Å². The number of aromatic nitrogens is 1. The zero-order valence-corrected chi connectivity index (χ0v) is 20.3. The number of nitrogens with one attached hydrogen (secondary N) is 1. The van der Waals surface area contributed by atoms with E-state index in [0.29, 0.717) is 30.6 Å². The van der Waals surface area contributed by atoms with E-state index in [1.807, 2.05) is 19.2 Å². The molecule has 1 atom stereocenters. The molecule has 0 aliphatic heterocycles. The highest BCUT2D eigenvalue weighted by molar-refractivity contribution is 5.90. The molecule has 2 aromatic rings. The van der Waals surface area contributed by atoms with Gasteiger partial charge in [-0.3, -0.25) is 4.79 Å². The lowest BCUT2D eigenvalue weighted by Crippen LogP contribution is -2.23. The van der Waals surface area contributed by atoms with Crippen molar-refractivity contribution in [2.75, 3.05) is 25.1 Å². The van der Waals surface area contributed by atoms with Gasteiger partial charge in [0.25, 0.3) is 5.56 Å². The number of anilines is 1. The molecule has 1 aromatic heterocycles. The van der Waals surface area contributed by atoms with Crippen LogP contribution in [0.4, 0.5) is 5.69 Å². The molecule has 0 aliphatic carbocycles. The average Bonchev–Trinajstić information content (AvgIpc) is 2.76. The predicted octanol–water partition coefficient (Wildman–Crippen LogP) is 6.52. The molecule has 0 bridgehead atoms. The number of ether oxygens (including phenoxy) is 2. The van der Waals surface area contributed by atoms with Gasteiger partial charge in [-0.15, -0.1) is 0 Å². The summed E-state index contributed by atoms with van der Waals surface area (Å²) >= 11 is 0. The molecule has 0 saturated carbocycles. The number of hydrogen-bond acceptors (Lipinski definition) is 4. The maximum Gasteiger partial charge on any atom is 0.297 e. The highest BCUT2D eigenvalue weighted by atomic mass is 16.5. The van der Waals surface area contributed by atoms with E-state index in [4.69, 9.17) is 9.47 Å². The first-order valence-electron chi connectivity index (χ1n) is 12.2. The zero-order valence-electron chi connectivity index (χ0n) is 20.3. The Kier molecular flexibility index (Phi) is 10.8. The molecule has 5 nitrogen and oxygen atoms in total. The number of hydrogen-bond donors (Lipinski definition) is 1. The highest BCUT2D eigenvalue weighted by Crippen LogP contribution is 2.34. The van der Waals surface area contributed by atoms with Crippen LogP contribution < -0.4 is 20.3 Å². The fourth-order valence-electron chi connectivity index (χ4n) is 3.78. The topological polar surface area (TPSA) is 52.5 Å². The first kappa shape index (κ1) is 25.1. The molecule has 174 valence electrons. The van der Waals surface area contributed by atoms with Crippen LogP contribution in [-0.2, 0) is 7.05 Å². The number of fused-ring (bicyclic) bond motifs is 1. The summed E-state index contributed by atoms with van der Waals surface area (Å²) in [5.74, 6) is 1.34. The van der Waals surface area contributed by atoms with Crippen molar-refractivity contribution in [1.82, 2.24) is 4.57 Å². The second kappa shape index (κ2) is 13.3. The molecule has 0 spiro atoms. The molecule has 0 saturated heterocycles. The first-order chi connectivity index (χ1) is 15.0. The molecular weight excluding hydrogens is 388 g/mol. The van der Waals surface area contributed by atoms with Gasteiger partial charge in [-0.05, 0) is 43.4 Å². The third-order valence-corrected chi connectivity index (χ3v) is 5.71. The molecule has 5 heteroatoms. The Balaban J connectivity index is 2.38. The van der Waals surface area contributed by atoms with Crippen LogP contribution in [-0.4, -0.2) is 24.3 Å². The van der Waals surface area contributed by atoms with Gasteiger partial charge in [0.05, 0.1) is 18.7 Å². The number of benzene rings is 1. The van der Waals surface area contributed by atoms with Crippen molar-refractivity contribution < 1.29 is 9.47 Å². The lowest BCUT2D eigenvalue weighted by molar-refractivity contribution is 0.226. The van der Waals surface area contributed by atoms with E-state index in [9.17, 15) is 4.79 Å². The lowest BCUT2D eigenvalue weighted by atomic mass is 10.1. The minimum Gasteiger partial charge on any atom is -0.489 e. The standard InChI is InChI=1S/C26H42N2O3/c1-6-9-11-12-17-30-24-22-15-14-21(27-16-10-7-2)18-23(22)28(5)26(29)25(24)31-19-20(4)13-8-3/h14-15,18,20,27H,6-13,16-17,19H2,1-5H3. The molecule has 0 amide bonds. The third kappa shape index (κ3) is 7.19. The van der Waals surface area contributed by atoms with E-state index in [-0.39, 0.29) is 5.56 Å². The van der Waals surface area contributed by atoms with Crippen molar-refractivity contribution >= 4 is 16.6 Å². The van der Waals surface area contributed by atoms with Gasteiger partial charge in [0.15, 0.2) is 5.75 Å². The lowest BCUT2D eigenvalue weighted by Gasteiger charge is -2.19. The van der Waals surface area contributed by atoms with E-state index in [0.717, 1.165) is 61.7 Å². The van der Waals surface area contributed by atoms with Crippen molar-refractivity contribution in [1.29, 1.82) is 0 Å². The number of aryl methyl sites for hydroxylation is 1. The Morgan fingerprint density at radius 2 is 1.74 bits per heavy atom. The van der Waals surface area contributed by atoms with Gasteiger partial charge >= 0.3 is 0 Å². The molecule has 2 rings (SSSR count). The van der Waals surface area contributed by atoms with Gasteiger partial charge < -0.3 is 19.4 Å². The summed E-state index contributed by atoms with van der Waals surface area (Å²) in [5, 5.41) is 4.38. The maximum atomic E-state index is 13.2. The summed E-state index contributed by atoms with van der Waals surface area (Å²) in [6, 6.07) is 6.16. The normalized spacial score (nSPS) is 12.2. The molecule has 1 heterocycles. The van der Waals surface area contributed by atoms with Crippen LogP contribution >= 0.6 is 0 Å². The molecular formula is C26H42N2O3. The Hall–Kier alpha value is -2.17. The minimum atomic E-state index is -0.134. The molecule has 1 N–H and O–H groups in total. The summed E-state index contributed by atoms with van der Waals surface area (Å²) in [5.41, 5.74) is 1.75. The highest BCUT2D eigenvalue weighted by Gasteiger charge is 2.19. The fourth-order valence-corrected chi connectivity index (χ4v) is 3.78. The molecule has 0 aliphatic rings. The van der Waals surface area contributed by atoms with Gasteiger partial charge in [0.2, 0.25) is 5.75 Å². The van der Waals surface area contributed by atoms with Crippen LogP contribution in [0, 0.1) is 5.92 Å². The van der Waals surface area contributed by atoms with Gasteiger partial charge in [0.1, 0.15) is 0 Å². The van der Waals surface area contributed by atoms with Crippen LogP contribution in [0.3, 0.4) is 0 Å². The van der Waals surface area contributed by atoms with Crippen LogP contribution in [0.25, 0.3) is 10.9 Å². The monoisotopic (exact) mass is 430 g/mol. The third-order valence-electron chi connectivity index (χ3n) is 5.71. The second-order valence-electron chi connectivity index (χ2n) is 8.65. The first-order valence-corrected chi connectivity index (χ1v) is 12.2. The molecule has 0 fully saturated rings. The minimum absolute atomic E-state index is 0.134. The Labute approximate surface area is 188 Å². The largest absolute Gasteiger partial charge is 0.489 e. The molecule has 1 aromatic carbocycles. The summed E-state index contributed by atoms with van der Waals surface area (Å²) < 4.78 is 14.0. The van der Waals surface area contributed by atoms with Crippen molar-refractivity contribution in [3.8, 4) is 11.5 Å². The smallest absolute Gasteiger partial charge is 0.297 e. The summed E-state index contributed by atoms with van der Waals surface area (Å²) in [4.78, 5) is 13.2. The summed E-state index contributed by atoms with van der Waals surface area (Å²) in [7, 11) is 1.81. The average molecular weight is 431 g/mol.